The number of carbonyl (C=O) groups is 1. The molecular formula is C10H16N4O2. The molecule has 1 fully saturated rings. The lowest BCUT2D eigenvalue weighted by Crippen LogP contribution is -2.50. The van der Waals surface area contributed by atoms with Gasteiger partial charge in [-0.05, 0) is 25.8 Å². The minimum atomic E-state index is -0.786. The molecule has 1 heterocycles. The summed E-state index contributed by atoms with van der Waals surface area (Å²) in [7, 11) is 0. The lowest BCUT2D eigenvalue weighted by atomic mass is 9.97. The first-order chi connectivity index (χ1) is 7.68. The van der Waals surface area contributed by atoms with Gasteiger partial charge in [-0.25, -0.2) is 9.67 Å². The SMILES string of the molecule is CCNC1(C(=O)O)CCC(n2cncn2)C1. The molecule has 0 saturated heterocycles. The minimum Gasteiger partial charge on any atom is -0.480 e. The number of rotatable bonds is 4. The van der Waals surface area contributed by atoms with Crippen molar-refractivity contribution in [3.8, 4) is 0 Å². The maximum atomic E-state index is 11.3. The topological polar surface area (TPSA) is 80.0 Å². The second-order valence-electron chi connectivity index (χ2n) is 4.19. The molecule has 6 nitrogen and oxygen atoms in total. The van der Waals surface area contributed by atoms with Gasteiger partial charge in [0, 0.05) is 0 Å². The number of hydrogen-bond donors (Lipinski definition) is 2. The summed E-state index contributed by atoms with van der Waals surface area (Å²) in [6.45, 7) is 2.59. The summed E-state index contributed by atoms with van der Waals surface area (Å²) in [6.07, 6.45) is 5.16. The fraction of sp³-hybridized carbons (Fsp3) is 0.700. The van der Waals surface area contributed by atoms with E-state index in [0.29, 0.717) is 19.4 Å². The fourth-order valence-electron chi connectivity index (χ4n) is 2.42. The zero-order chi connectivity index (χ0) is 11.6. The molecule has 1 aromatic heterocycles. The molecule has 2 unspecified atom stereocenters. The maximum Gasteiger partial charge on any atom is 0.323 e. The van der Waals surface area contributed by atoms with Crippen LogP contribution in [0.1, 0.15) is 32.2 Å². The number of nitrogens with zero attached hydrogens (tertiary/aromatic N) is 3. The predicted octanol–water partition coefficient (Wildman–Crippen LogP) is 0.436. The minimum absolute atomic E-state index is 0.137. The summed E-state index contributed by atoms with van der Waals surface area (Å²) < 4.78 is 1.75. The van der Waals surface area contributed by atoms with Crippen LogP contribution in [0.4, 0.5) is 0 Å². The van der Waals surface area contributed by atoms with E-state index in [-0.39, 0.29) is 6.04 Å². The molecule has 1 aromatic rings. The van der Waals surface area contributed by atoms with Crippen LogP contribution < -0.4 is 5.32 Å². The van der Waals surface area contributed by atoms with Gasteiger partial charge in [-0.1, -0.05) is 6.92 Å². The van der Waals surface area contributed by atoms with E-state index in [2.05, 4.69) is 15.4 Å². The summed E-state index contributed by atoms with van der Waals surface area (Å²) in [5.41, 5.74) is -0.786. The van der Waals surface area contributed by atoms with E-state index in [1.807, 2.05) is 6.92 Å². The normalized spacial score (nSPS) is 29.4. The Morgan fingerprint density at radius 3 is 3.12 bits per heavy atom. The predicted molar refractivity (Wildman–Crippen MR) is 57.0 cm³/mol. The Kier molecular flexibility index (Phi) is 2.91. The highest BCUT2D eigenvalue weighted by atomic mass is 16.4. The summed E-state index contributed by atoms with van der Waals surface area (Å²) in [5, 5.41) is 16.5. The number of nitrogens with one attached hydrogen (secondary N) is 1. The van der Waals surface area contributed by atoms with E-state index in [4.69, 9.17) is 0 Å². The zero-order valence-electron chi connectivity index (χ0n) is 9.26. The summed E-state index contributed by atoms with van der Waals surface area (Å²) in [5.74, 6) is -0.767. The molecule has 16 heavy (non-hydrogen) atoms. The number of aromatic nitrogens is 3. The lowest BCUT2D eigenvalue weighted by molar-refractivity contribution is -0.144. The van der Waals surface area contributed by atoms with Crippen LogP contribution in [-0.2, 0) is 4.79 Å². The molecule has 1 saturated carbocycles. The van der Waals surface area contributed by atoms with Gasteiger partial charge in [-0.3, -0.25) is 4.79 Å². The molecule has 1 aliphatic carbocycles. The first kappa shape index (κ1) is 11.1. The van der Waals surface area contributed by atoms with Crippen molar-refractivity contribution in [1.82, 2.24) is 20.1 Å². The molecule has 0 aromatic carbocycles. The third-order valence-corrected chi connectivity index (χ3v) is 3.22. The maximum absolute atomic E-state index is 11.3. The average Bonchev–Trinajstić information content (AvgIpc) is 2.84. The monoisotopic (exact) mass is 224 g/mol. The van der Waals surface area contributed by atoms with Gasteiger partial charge >= 0.3 is 5.97 Å². The lowest BCUT2D eigenvalue weighted by Gasteiger charge is -2.25. The van der Waals surface area contributed by atoms with Gasteiger partial charge < -0.3 is 10.4 Å². The zero-order valence-corrected chi connectivity index (χ0v) is 9.26. The Morgan fingerprint density at radius 1 is 1.75 bits per heavy atom. The van der Waals surface area contributed by atoms with Crippen molar-refractivity contribution in [2.75, 3.05) is 6.54 Å². The Morgan fingerprint density at radius 2 is 2.56 bits per heavy atom. The molecule has 0 aliphatic heterocycles. The third-order valence-electron chi connectivity index (χ3n) is 3.22. The molecule has 0 bridgehead atoms. The van der Waals surface area contributed by atoms with Gasteiger partial charge in [0.1, 0.15) is 18.2 Å². The van der Waals surface area contributed by atoms with Crippen molar-refractivity contribution in [3.05, 3.63) is 12.7 Å². The Balaban J connectivity index is 2.13. The smallest absolute Gasteiger partial charge is 0.323 e. The Hall–Kier alpha value is -1.43. The highest BCUT2D eigenvalue weighted by Crippen LogP contribution is 2.37. The Labute approximate surface area is 93.7 Å². The molecule has 0 radical (unpaired) electrons. The molecule has 2 atom stereocenters. The van der Waals surface area contributed by atoms with E-state index in [9.17, 15) is 9.90 Å². The van der Waals surface area contributed by atoms with Crippen LogP contribution in [0.15, 0.2) is 12.7 Å². The van der Waals surface area contributed by atoms with Crippen molar-refractivity contribution in [2.45, 2.75) is 37.8 Å². The molecule has 1 aliphatic rings. The van der Waals surface area contributed by atoms with E-state index in [0.717, 1.165) is 6.42 Å². The number of carboxylic acids is 1. The first-order valence-corrected chi connectivity index (χ1v) is 5.50. The van der Waals surface area contributed by atoms with E-state index >= 15 is 0 Å². The molecule has 2 rings (SSSR count). The highest BCUT2D eigenvalue weighted by Gasteiger charge is 2.45. The summed E-state index contributed by atoms with van der Waals surface area (Å²) in [4.78, 5) is 15.2. The standard InChI is InChI=1S/C10H16N4O2/c1-2-12-10(9(15)16)4-3-8(5-10)14-7-11-6-13-14/h6-8,12H,2-5H2,1H3,(H,15,16). The Bertz CT molecular complexity index is 365. The first-order valence-electron chi connectivity index (χ1n) is 5.50. The van der Waals surface area contributed by atoms with Crippen molar-refractivity contribution in [2.24, 2.45) is 0 Å². The van der Waals surface area contributed by atoms with Crippen LogP contribution >= 0.6 is 0 Å². The number of carboxylic acid groups (broad SMARTS) is 1. The van der Waals surface area contributed by atoms with Gasteiger partial charge in [0.25, 0.3) is 0 Å². The number of likely N-dealkylation sites (N-methyl/N-ethyl adjacent to an activating group) is 1. The van der Waals surface area contributed by atoms with Gasteiger partial charge in [-0.2, -0.15) is 5.10 Å². The summed E-state index contributed by atoms with van der Waals surface area (Å²) in [6, 6.07) is 0.137. The van der Waals surface area contributed by atoms with Crippen molar-refractivity contribution < 1.29 is 9.90 Å². The van der Waals surface area contributed by atoms with Gasteiger partial charge in [0.2, 0.25) is 0 Å². The van der Waals surface area contributed by atoms with E-state index in [1.54, 1.807) is 11.0 Å². The van der Waals surface area contributed by atoms with E-state index in [1.165, 1.54) is 6.33 Å². The third kappa shape index (κ3) is 1.80. The highest BCUT2D eigenvalue weighted by molar-refractivity contribution is 5.79. The van der Waals surface area contributed by atoms with Crippen LogP contribution in [0.5, 0.6) is 0 Å². The van der Waals surface area contributed by atoms with Gasteiger partial charge in [0.15, 0.2) is 0 Å². The van der Waals surface area contributed by atoms with Crippen LogP contribution in [0.3, 0.4) is 0 Å². The summed E-state index contributed by atoms with van der Waals surface area (Å²) >= 11 is 0. The van der Waals surface area contributed by atoms with E-state index < -0.39 is 11.5 Å². The van der Waals surface area contributed by atoms with Gasteiger partial charge in [0.05, 0.1) is 6.04 Å². The average molecular weight is 224 g/mol. The fourth-order valence-corrected chi connectivity index (χ4v) is 2.42. The molecular weight excluding hydrogens is 208 g/mol. The van der Waals surface area contributed by atoms with Crippen LogP contribution in [0.25, 0.3) is 0 Å². The van der Waals surface area contributed by atoms with Crippen molar-refractivity contribution in [1.29, 1.82) is 0 Å². The second kappa shape index (κ2) is 4.21. The number of hydrogen-bond acceptors (Lipinski definition) is 4. The quantitative estimate of drug-likeness (QED) is 0.775. The largest absolute Gasteiger partial charge is 0.480 e. The van der Waals surface area contributed by atoms with Crippen LogP contribution in [0.2, 0.25) is 0 Å². The molecule has 0 spiro atoms. The molecule has 88 valence electrons. The molecule has 2 N–H and O–H groups in total. The number of aliphatic carboxylic acids is 1. The van der Waals surface area contributed by atoms with Gasteiger partial charge in [-0.15, -0.1) is 0 Å². The molecule has 0 amide bonds. The van der Waals surface area contributed by atoms with Crippen LogP contribution in [-0.4, -0.2) is 37.9 Å². The van der Waals surface area contributed by atoms with Crippen molar-refractivity contribution in [3.63, 3.8) is 0 Å². The second-order valence-corrected chi connectivity index (χ2v) is 4.19. The molecule has 6 heteroatoms. The van der Waals surface area contributed by atoms with Crippen molar-refractivity contribution >= 4 is 5.97 Å². The van der Waals surface area contributed by atoms with Crippen LogP contribution in [0, 0.1) is 0 Å².